The fraction of sp³-hybridized carbons (Fsp3) is 0.412. The zero-order valence-electron chi connectivity index (χ0n) is 12.5. The van der Waals surface area contributed by atoms with E-state index in [-0.39, 0.29) is 5.82 Å². The molecular formula is C17H22FNS. The van der Waals surface area contributed by atoms with Crippen LogP contribution >= 0.6 is 11.3 Å². The average Bonchev–Trinajstić information content (AvgIpc) is 2.88. The smallest absolute Gasteiger partial charge is 0.126 e. The van der Waals surface area contributed by atoms with Crippen LogP contribution in [-0.2, 0) is 0 Å². The Morgan fingerprint density at radius 3 is 2.60 bits per heavy atom. The molecule has 0 aliphatic heterocycles. The van der Waals surface area contributed by atoms with E-state index in [1.165, 1.54) is 10.9 Å². The topological polar surface area (TPSA) is 12.0 Å². The first kappa shape index (κ1) is 15.2. The van der Waals surface area contributed by atoms with Crippen molar-refractivity contribution in [2.45, 2.75) is 33.7 Å². The molecule has 2 aromatic rings. The van der Waals surface area contributed by atoms with Crippen LogP contribution in [-0.4, -0.2) is 6.54 Å². The van der Waals surface area contributed by atoms with E-state index in [0.717, 1.165) is 22.5 Å². The second-order valence-corrected chi connectivity index (χ2v) is 6.51. The van der Waals surface area contributed by atoms with Crippen molar-refractivity contribution < 1.29 is 4.39 Å². The van der Waals surface area contributed by atoms with Gasteiger partial charge in [0, 0.05) is 15.8 Å². The third-order valence-corrected chi connectivity index (χ3v) is 4.76. The van der Waals surface area contributed by atoms with Crippen LogP contribution in [0.25, 0.3) is 10.4 Å². The molecule has 1 unspecified atom stereocenters. The summed E-state index contributed by atoms with van der Waals surface area (Å²) in [7, 11) is 0. The molecule has 1 heterocycles. The first-order chi connectivity index (χ1) is 9.54. The maximum Gasteiger partial charge on any atom is 0.126 e. The van der Waals surface area contributed by atoms with E-state index in [1.807, 2.05) is 13.0 Å². The average molecular weight is 291 g/mol. The van der Waals surface area contributed by atoms with Crippen molar-refractivity contribution in [1.29, 1.82) is 0 Å². The molecule has 1 nitrogen and oxygen atoms in total. The van der Waals surface area contributed by atoms with Gasteiger partial charge in [-0.3, -0.25) is 0 Å². The number of rotatable bonds is 5. The van der Waals surface area contributed by atoms with E-state index in [1.54, 1.807) is 17.4 Å². The summed E-state index contributed by atoms with van der Waals surface area (Å²) in [5.41, 5.74) is 1.73. The van der Waals surface area contributed by atoms with Gasteiger partial charge in [0.2, 0.25) is 0 Å². The van der Waals surface area contributed by atoms with Gasteiger partial charge < -0.3 is 5.32 Å². The molecule has 0 radical (unpaired) electrons. The Balaban J connectivity index is 2.35. The molecule has 0 fully saturated rings. The summed E-state index contributed by atoms with van der Waals surface area (Å²) in [5, 5.41) is 3.53. The monoisotopic (exact) mass is 291 g/mol. The highest BCUT2D eigenvalue weighted by atomic mass is 32.1. The molecule has 0 spiro atoms. The Labute approximate surface area is 124 Å². The Kier molecular flexibility index (Phi) is 4.95. The van der Waals surface area contributed by atoms with Gasteiger partial charge >= 0.3 is 0 Å². The first-order valence-corrected chi connectivity index (χ1v) is 7.94. The van der Waals surface area contributed by atoms with Crippen molar-refractivity contribution in [3.63, 3.8) is 0 Å². The molecule has 20 heavy (non-hydrogen) atoms. The second-order valence-electron chi connectivity index (χ2n) is 5.39. The molecule has 0 aliphatic carbocycles. The van der Waals surface area contributed by atoms with Gasteiger partial charge in [-0.1, -0.05) is 32.9 Å². The van der Waals surface area contributed by atoms with Crippen LogP contribution in [0, 0.1) is 18.7 Å². The van der Waals surface area contributed by atoms with Crippen LogP contribution in [0.3, 0.4) is 0 Å². The van der Waals surface area contributed by atoms with E-state index in [2.05, 4.69) is 38.2 Å². The van der Waals surface area contributed by atoms with Gasteiger partial charge in [-0.05, 0) is 48.7 Å². The lowest BCUT2D eigenvalue weighted by molar-refractivity contribution is 0.428. The van der Waals surface area contributed by atoms with Gasteiger partial charge in [-0.25, -0.2) is 4.39 Å². The number of thiophene rings is 1. The Bertz CT molecular complexity index is 574. The molecule has 2 rings (SSSR count). The van der Waals surface area contributed by atoms with Gasteiger partial charge in [0.25, 0.3) is 0 Å². The van der Waals surface area contributed by atoms with Crippen molar-refractivity contribution >= 4 is 11.3 Å². The number of hydrogen-bond donors (Lipinski definition) is 1. The SMILES string of the molecule is CCNC(c1ccc(-c2cccc(F)c2C)s1)C(C)C. The number of nitrogens with one attached hydrogen (secondary N) is 1. The molecular weight excluding hydrogens is 269 g/mol. The minimum absolute atomic E-state index is 0.135. The quantitative estimate of drug-likeness (QED) is 0.801. The lowest BCUT2D eigenvalue weighted by atomic mass is 10.0. The first-order valence-electron chi connectivity index (χ1n) is 7.13. The third-order valence-electron chi connectivity index (χ3n) is 3.56. The molecule has 0 amide bonds. The third kappa shape index (κ3) is 3.10. The normalized spacial score (nSPS) is 12.9. The molecule has 3 heteroatoms. The fourth-order valence-electron chi connectivity index (χ4n) is 2.42. The number of halogens is 1. The minimum Gasteiger partial charge on any atom is -0.309 e. The Morgan fingerprint density at radius 1 is 1.20 bits per heavy atom. The van der Waals surface area contributed by atoms with Crippen molar-refractivity contribution in [3.8, 4) is 10.4 Å². The van der Waals surface area contributed by atoms with Crippen LogP contribution < -0.4 is 5.32 Å². The molecule has 0 bridgehead atoms. The van der Waals surface area contributed by atoms with Crippen molar-refractivity contribution in [1.82, 2.24) is 5.32 Å². The maximum absolute atomic E-state index is 13.7. The molecule has 0 saturated carbocycles. The van der Waals surface area contributed by atoms with Crippen LogP contribution in [0.4, 0.5) is 4.39 Å². The van der Waals surface area contributed by atoms with Crippen LogP contribution in [0.1, 0.15) is 37.3 Å². The number of benzene rings is 1. The van der Waals surface area contributed by atoms with Crippen LogP contribution in [0.15, 0.2) is 30.3 Å². The minimum atomic E-state index is -0.135. The summed E-state index contributed by atoms with van der Waals surface area (Å²) in [6, 6.07) is 9.93. The zero-order valence-corrected chi connectivity index (χ0v) is 13.4. The molecule has 1 atom stereocenters. The van der Waals surface area contributed by atoms with E-state index < -0.39 is 0 Å². The number of hydrogen-bond acceptors (Lipinski definition) is 2. The molecule has 0 aliphatic rings. The summed E-state index contributed by atoms with van der Waals surface area (Å²) < 4.78 is 13.7. The van der Waals surface area contributed by atoms with Crippen molar-refractivity contribution in [2.75, 3.05) is 6.54 Å². The molecule has 1 aromatic carbocycles. The van der Waals surface area contributed by atoms with E-state index in [4.69, 9.17) is 0 Å². The summed E-state index contributed by atoms with van der Waals surface area (Å²) in [5.74, 6) is 0.402. The van der Waals surface area contributed by atoms with Crippen molar-refractivity contribution in [2.24, 2.45) is 5.92 Å². The molecule has 108 valence electrons. The predicted molar refractivity (Wildman–Crippen MR) is 85.7 cm³/mol. The van der Waals surface area contributed by atoms with E-state index in [0.29, 0.717) is 12.0 Å². The van der Waals surface area contributed by atoms with E-state index in [9.17, 15) is 4.39 Å². The summed E-state index contributed by atoms with van der Waals surface area (Å²) >= 11 is 1.76. The predicted octanol–water partition coefficient (Wildman–Crippen LogP) is 5.17. The van der Waals surface area contributed by atoms with Crippen LogP contribution in [0.5, 0.6) is 0 Å². The lowest BCUT2D eigenvalue weighted by Crippen LogP contribution is -2.24. The summed E-state index contributed by atoms with van der Waals surface area (Å²) in [4.78, 5) is 2.46. The summed E-state index contributed by atoms with van der Waals surface area (Å²) in [6.07, 6.45) is 0. The highest BCUT2D eigenvalue weighted by molar-refractivity contribution is 7.15. The van der Waals surface area contributed by atoms with Gasteiger partial charge in [0.1, 0.15) is 5.82 Å². The fourth-order valence-corrected chi connectivity index (χ4v) is 3.76. The molecule has 0 saturated heterocycles. The zero-order chi connectivity index (χ0) is 14.7. The largest absolute Gasteiger partial charge is 0.309 e. The van der Waals surface area contributed by atoms with Crippen molar-refractivity contribution in [3.05, 3.63) is 46.6 Å². The van der Waals surface area contributed by atoms with Gasteiger partial charge in [-0.2, -0.15) is 0 Å². The standard InChI is InChI=1S/C17H22FNS/c1-5-19-17(11(2)3)16-10-9-15(20-16)13-7-6-8-14(18)12(13)4/h6-11,17,19H,5H2,1-4H3. The van der Waals surface area contributed by atoms with Gasteiger partial charge in [0.05, 0.1) is 0 Å². The van der Waals surface area contributed by atoms with E-state index >= 15 is 0 Å². The van der Waals surface area contributed by atoms with Gasteiger partial charge in [0.15, 0.2) is 0 Å². The highest BCUT2D eigenvalue weighted by Gasteiger charge is 2.17. The lowest BCUT2D eigenvalue weighted by Gasteiger charge is -2.20. The second kappa shape index (κ2) is 6.51. The molecule has 1 N–H and O–H groups in total. The highest BCUT2D eigenvalue weighted by Crippen LogP contribution is 2.35. The van der Waals surface area contributed by atoms with Crippen LogP contribution in [0.2, 0.25) is 0 Å². The van der Waals surface area contributed by atoms with Gasteiger partial charge in [-0.15, -0.1) is 11.3 Å². The maximum atomic E-state index is 13.7. The Hall–Kier alpha value is -1.19. The summed E-state index contributed by atoms with van der Waals surface area (Å²) in [6.45, 7) is 9.37. The Morgan fingerprint density at radius 2 is 1.95 bits per heavy atom. The molecule has 1 aromatic heterocycles.